The normalized spacial score (nSPS) is 12.2. The third-order valence-corrected chi connectivity index (χ3v) is 2.99. The molecule has 16 heavy (non-hydrogen) atoms. The molecule has 0 aliphatic heterocycles. The second-order valence-corrected chi connectivity index (χ2v) is 5.39. The fourth-order valence-electron chi connectivity index (χ4n) is 1.96. The number of halogens is 1. The van der Waals surface area contributed by atoms with Crippen LogP contribution in [-0.4, -0.2) is 6.67 Å². The van der Waals surface area contributed by atoms with E-state index in [1.807, 2.05) is 13.0 Å². The molecular weight excluding hydrogens is 199 g/mol. The first-order valence-electron chi connectivity index (χ1n) is 5.92. The van der Waals surface area contributed by atoms with Crippen molar-refractivity contribution in [2.75, 3.05) is 6.67 Å². The van der Waals surface area contributed by atoms with Crippen LogP contribution in [0.2, 0.25) is 0 Å². The summed E-state index contributed by atoms with van der Waals surface area (Å²) in [5.41, 5.74) is 3.89. The first-order chi connectivity index (χ1) is 7.40. The lowest BCUT2D eigenvalue weighted by atomic mass is 9.81. The van der Waals surface area contributed by atoms with Crippen LogP contribution >= 0.6 is 0 Å². The molecule has 0 atom stereocenters. The summed E-state index contributed by atoms with van der Waals surface area (Å²) in [4.78, 5) is 0. The predicted octanol–water partition coefficient (Wildman–Crippen LogP) is 4.46. The van der Waals surface area contributed by atoms with E-state index < -0.39 is 0 Å². The number of rotatable bonds is 3. The molecule has 0 N–H and O–H groups in total. The van der Waals surface area contributed by atoms with Gasteiger partial charge in [0.15, 0.2) is 0 Å². The third kappa shape index (κ3) is 2.84. The molecule has 0 unspecified atom stereocenters. The maximum absolute atomic E-state index is 12.6. The molecule has 1 aromatic rings. The largest absolute Gasteiger partial charge is 0.250 e. The zero-order valence-corrected chi connectivity index (χ0v) is 11.0. The van der Waals surface area contributed by atoms with Crippen molar-refractivity contribution in [3.05, 3.63) is 40.8 Å². The van der Waals surface area contributed by atoms with Gasteiger partial charge in [-0.1, -0.05) is 52.8 Å². The number of alkyl halides is 1. The van der Waals surface area contributed by atoms with E-state index in [-0.39, 0.29) is 12.1 Å². The van der Waals surface area contributed by atoms with E-state index in [1.165, 1.54) is 11.1 Å². The van der Waals surface area contributed by atoms with Crippen molar-refractivity contribution in [3.63, 3.8) is 0 Å². The molecule has 89 valence electrons. The van der Waals surface area contributed by atoms with Crippen LogP contribution in [0.5, 0.6) is 0 Å². The number of aryl methyl sites for hydroxylation is 1. The molecule has 1 heteroatoms. The highest BCUT2D eigenvalue weighted by Crippen LogP contribution is 2.28. The number of benzene rings is 1. The second kappa shape index (κ2) is 4.99. The average molecular weight is 221 g/mol. The topological polar surface area (TPSA) is 0 Å². The lowest BCUT2D eigenvalue weighted by Crippen LogP contribution is -2.14. The molecular formula is C15H22F. The summed E-state index contributed by atoms with van der Waals surface area (Å²) in [5.74, 6) is 0.815. The van der Waals surface area contributed by atoms with Crippen molar-refractivity contribution in [1.82, 2.24) is 0 Å². The predicted molar refractivity (Wildman–Crippen MR) is 68.5 cm³/mol. The minimum Gasteiger partial charge on any atom is -0.250 e. The van der Waals surface area contributed by atoms with Gasteiger partial charge in [-0.2, -0.15) is 0 Å². The fraction of sp³-hybridized carbons (Fsp3) is 0.533. The number of hydrogen-bond donors (Lipinski definition) is 0. The molecule has 0 heterocycles. The standard InChI is InChI=1S/C15H22F/c1-6-12-9-13(11(2)10-16)7-8-14(12)15(3,4)5/h7-9H,6,10H2,1-5H3. The molecule has 1 aromatic carbocycles. The zero-order chi connectivity index (χ0) is 12.3. The van der Waals surface area contributed by atoms with Crippen LogP contribution in [0.15, 0.2) is 18.2 Å². The van der Waals surface area contributed by atoms with Gasteiger partial charge >= 0.3 is 0 Å². The Morgan fingerprint density at radius 1 is 1.25 bits per heavy atom. The van der Waals surface area contributed by atoms with E-state index >= 15 is 0 Å². The molecule has 0 saturated heterocycles. The SMILES string of the molecule is CCc1cc([C](C)CF)ccc1C(C)(C)C. The molecule has 1 rings (SSSR count). The number of hydrogen-bond acceptors (Lipinski definition) is 0. The van der Waals surface area contributed by atoms with Crippen LogP contribution in [0.3, 0.4) is 0 Å². The molecule has 0 bridgehead atoms. The average Bonchev–Trinajstić information content (AvgIpc) is 2.25. The summed E-state index contributed by atoms with van der Waals surface area (Å²) in [7, 11) is 0. The summed E-state index contributed by atoms with van der Waals surface area (Å²) in [5, 5.41) is 0. The molecule has 0 aliphatic carbocycles. The van der Waals surface area contributed by atoms with Crippen molar-refractivity contribution in [2.24, 2.45) is 0 Å². The van der Waals surface area contributed by atoms with Crippen LogP contribution in [-0.2, 0) is 11.8 Å². The van der Waals surface area contributed by atoms with E-state index in [0.29, 0.717) is 0 Å². The van der Waals surface area contributed by atoms with E-state index in [2.05, 4.69) is 39.8 Å². The van der Waals surface area contributed by atoms with Gasteiger partial charge in [0.1, 0.15) is 0 Å². The van der Waals surface area contributed by atoms with Crippen molar-refractivity contribution < 1.29 is 4.39 Å². The maximum atomic E-state index is 12.6. The summed E-state index contributed by atoms with van der Waals surface area (Å²) in [6, 6.07) is 6.32. The van der Waals surface area contributed by atoms with Crippen LogP contribution in [0.4, 0.5) is 4.39 Å². The van der Waals surface area contributed by atoms with Crippen LogP contribution in [0.1, 0.15) is 51.3 Å². The van der Waals surface area contributed by atoms with Gasteiger partial charge in [0.25, 0.3) is 0 Å². The Kier molecular flexibility index (Phi) is 4.12. The maximum Gasteiger partial charge on any atom is 0.0997 e. The van der Waals surface area contributed by atoms with Crippen molar-refractivity contribution in [1.29, 1.82) is 0 Å². The van der Waals surface area contributed by atoms with Crippen LogP contribution in [0, 0.1) is 5.92 Å². The van der Waals surface area contributed by atoms with Gasteiger partial charge in [-0.15, -0.1) is 0 Å². The van der Waals surface area contributed by atoms with Gasteiger partial charge in [0, 0.05) is 5.92 Å². The molecule has 0 saturated carbocycles. The fourth-order valence-corrected chi connectivity index (χ4v) is 1.96. The van der Waals surface area contributed by atoms with Gasteiger partial charge in [0.05, 0.1) is 6.67 Å². The van der Waals surface area contributed by atoms with Gasteiger partial charge in [-0.05, 0) is 28.5 Å². The first kappa shape index (κ1) is 13.2. The Morgan fingerprint density at radius 2 is 1.88 bits per heavy atom. The Morgan fingerprint density at radius 3 is 2.31 bits per heavy atom. The molecule has 0 fully saturated rings. The molecule has 0 aliphatic rings. The highest BCUT2D eigenvalue weighted by atomic mass is 19.1. The summed E-state index contributed by atoms with van der Waals surface area (Å²) in [6.45, 7) is 10.3. The summed E-state index contributed by atoms with van der Waals surface area (Å²) < 4.78 is 12.6. The first-order valence-corrected chi connectivity index (χ1v) is 5.92. The monoisotopic (exact) mass is 221 g/mol. The van der Waals surface area contributed by atoms with Gasteiger partial charge in [0.2, 0.25) is 0 Å². The smallest absolute Gasteiger partial charge is 0.0997 e. The highest BCUT2D eigenvalue weighted by molar-refractivity contribution is 5.41. The van der Waals surface area contributed by atoms with Gasteiger partial charge in [-0.25, -0.2) is 0 Å². The zero-order valence-electron chi connectivity index (χ0n) is 11.0. The third-order valence-electron chi connectivity index (χ3n) is 2.99. The quantitative estimate of drug-likeness (QED) is 0.707. The van der Waals surface area contributed by atoms with E-state index in [0.717, 1.165) is 17.9 Å². The van der Waals surface area contributed by atoms with E-state index in [4.69, 9.17) is 0 Å². The Hall–Kier alpha value is -0.850. The second-order valence-electron chi connectivity index (χ2n) is 5.39. The summed E-state index contributed by atoms with van der Waals surface area (Å²) >= 11 is 0. The van der Waals surface area contributed by atoms with Crippen molar-refractivity contribution >= 4 is 0 Å². The molecule has 0 amide bonds. The van der Waals surface area contributed by atoms with Gasteiger partial charge < -0.3 is 0 Å². The molecule has 0 aromatic heterocycles. The van der Waals surface area contributed by atoms with Crippen molar-refractivity contribution in [3.8, 4) is 0 Å². The Balaban J connectivity index is 3.17. The van der Waals surface area contributed by atoms with E-state index in [9.17, 15) is 4.39 Å². The summed E-state index contributed by atoms with van der Waals surface area (Å²) in [6.07, 6.45) is 1.00. The Bertz CT molecular complexity index is 347. The van der Waals surface area contributed by atoms with Crippen LogP contribution in [0.25, 0.3) is 0 Å². The minimum atomic E-state index is -0.363. The van der Waals surface area contributed by atoms with Gasteiger partial charge in [-0.3, -0.25) is 4.39 Å². The molecule has 0 spiro atoms. The lowest BCUT2D eigenvalue weighted by Gasteiger charge is -2.24. The van der Waals surface area contributed by atoms with Crippen LogP contribution < -0.4 is 0 Å². The molecule has 0 nitrogen and oxygen atoms in total. The highest BCUT2D eigenvalue weighted by Gasteiger charge is 2.18. The Labute approximate surface area is 98.9 Å². The minimum absolute atomic E-state index is 0.160. The van der Waals surface area contributed by atoms with Crippen molar-refractivity contribution in [2.45, 2.75) is 46.5 Å². The van der Waals surface area contributed by atoms with E-state index in [1.54, 1.807) is 0 Å². The molecule has 1 radical (unpaired) electrons. The lowest BCUT2D eigenvalue weighted by molar-refractivity contribution is 0.515.